The Bertz CT molecular complexity index is 1590. The number of nitrogens with one attached hydrogen (secondary N) is 4. The number of rotatable bonds is 10. The second kappa shape index (κ2) is 18.9. The lowest BCUT2D eigenvalue weighted by atomic mass is 9.83. The number of carboxylic acids is 2. The summed E-state index contributed by atoms with van der Waals surface area (Å²) < 4.78 is 63.5. The summed E-state index contributed by atoms with van der Waals surface area (Å²) >= 11 is 0. The number of alkyl halides is 6. The summed E-state index contributed by atoms with van der Waals surface area (Å²) in [4.78, 5) is 91.5. The minimum atomic E-state index is -5.08. The molecule has 16 nitrogen and oxygen atoms in total. The van der Waals surface area contributed by atoms with E-state index in [4.69, 9.17) is 31.3 Å². The third kappa shape index (κ3) is 14.1. The number of fused-ring (bicyclic) bond motifs is 2. The molecular formula is C30H32F6N6O10. The first-order valence-electron chi connectivity index (χ1n) is 14.5. The minimum Gasteiger partial charge on any atom is -0.475 e. The molecule has 0 aliphatic heterocycles. The van der Waals surface area contributed by atoms with Crippen LogP contribution in [0.4, 0.5) is 37.7 Å². The van der Waals surface area contributed by atoms with E-state index in [2.05, 4.69) is 21.3 Å². The van der Waals surface area contributed by atoms with Crippen molar-refractivity contribution in [2.75, 3.05) is 23.7 Å². The molecule has 3 rings (SSSR count). The molecule has 0 saturated heterocycles. The molecule has 10 N–H and O–H groups in total. The Morgan fingerprint density at radius 3 is 1.15 bits per heavy atom. The fraction of sp³-hybridized carbons (Fsp3) is 0.333. The van der Waals surface area contributed by atoms with E-state index >= 15 is 0 Å². The third-order valence-corrected chi connectivity index (χ3v) is 6.20. The molecule has 284 valence electrons. The molecule has 2 aromatic rings. The lowest BCUT2D eigenvalue weighted by molar-refractivity contribution is -0.193. The summed E-state index contributed by atoms with van der Waals surface area (Å²) in [7, 11) is 0. The van der Waals surface area contributed by atoms with E-state index in [9.17, 15) is 55.1 Å². The molecule has 0 spiro atoms. The van der Waals surface area contributed by atoms with Crippen LogP contribution < -0.4 is 32.7 Å². The van der Waals surface area contributed by atoms with E-state index < -0.39 is 47.9 Å². The SMILES string of the molecule is C[C@H](N)C(=O)NCCC(=O)Nc1ccc2c(c1)C(=O)c1ccc(NC(=O)CCNC(=O)[C@H](C)N)cc1C2=O.O=C(O)C(F)(F)F.O=C(O)C(F)(F)F. The Morgan fingerprint density at radius 2 is 0.904 bits per heavy atom. The number of aliphatic carboxylic acids is 2. The van der Waals surface area contributed by atoms with Gasteiger partial charge < -0.3 is 42.9 Å². The topological polar surface area (TPSA) is 277 Å². The number of nitrogens with two attached hydrogens (primary N) is 2. The number of carbonyl (C=O) groups excluding carboxylic acids is 6. The molecule has 0 aromatic heterocycles. The van der Waals surface area contributed by atoms with Crippen molar-refractivity contribution < 1.29 is 74.9 Å². The second-order valence-corrected chi connectivity index (χ2v) is 10.5. The molecule has 4 amide bonds. The van der Waals surface area contributed by atoms with Gasteiger partial charge in [-0.05, 0) is 50.2 Å². The zero-order chi connectivity index (χ0) is 40.1. The van der Waals surface area contributed by atoms with Crippen LogP contribution in [0.5, 0.6) is 0 Å². The average Bonchev–Trinajstić information content (AvgIpc) is 3.03. The van der Waals surface area contributed by atoms with Crippen molar-refractivity contribution >= 4 is 58.5 Å². The van der Waals surface area contributed by atoms with E-state index in [1.807, 2.05) is 0 Å². The van der Waals surface area contributed by atoms with Crippen LogP contribution in [-0.4, -0.2) is 94.9 Å². The first kappa shape index (κ1) is 44.1. The second-order valence-electron chi connectivity index (χ2n) is 10.5. The maximum atomic E-state index is 13.1. The molecule has 1 aliphatic rings. The molecule has 2 aromatic carbocycles. The number of anilines is 2. The van der Waals surface area contributed by atoms with Gasteiger partial charge in [-0.2, -0.15) is 26.3 Å². The first-order valence-corrected chi connectivity index (χ1v) is 14.5. The van der Waals surface area contributed by atoms with Gasteiger partial charge in [0, 0.05) is 59.6 Å². The van der Waals surface area contributed by atoms with Crippen LogP contribution in [0.25, 0.3) is 0 Å². The number of carboxylic acid groups (broad SMARTS) is 2. The van der Waals surface area contributed by atoms with Gasteiger partial charge in [0.2, 0.25) is 23.6 Å². The van der Waals surface area contributed by atoms with Crippen molar-refractivity contribution in [3.63, 3.8) is 0 Å². The summed E-state index contributed by atoms with van der Waals surface area (Å²) in [5.41, 5.74) is 12.2. The zero-order valence-electron chi connectivity index (χ0n) is 27.0. The fourth-order valence-corrected chi connectivity index (χ4v) is 3.67. The lowest BCUT2D eigenvalue weighted by Crippen LogP contribution is -2.39. The standard InChI is InChI=1S/C26H30N6O6.2C2HF3O2/c1-13(27)25(37)29-9-7-21(33)31-15-3-5-17-19(11-15)23(35)18-6-4-16(12-20(18)24(17)36)32-22(34)8-10-30-26(38)14(2)28;2*3-2(4,5)1(6)7/h3-6,11-14H,7-10,27-28H2,1-2H3,(H,29,37)(H,30,38)(H,31,33)(H,32,34);2*(H,6,7)/t13-,14-;;/m0../s1. The van der Waals surface area contributed by atoms with Gasteiger partial charge in [-0.15, -0.1) is 0 Å². The Morgan fingerprint density at radius 1 is 0.615 bits per heavy atom. The minimum absolute atomic E-state index is 0.00172. The monoisotopic (exact) mass is 750 g/mol. The highest BCUT2D eigenvalue weighted by molar-refractivity contribution is 6.29. The van der Waals surface area contributed by atoms with E-state index in [1.54, 1.807) is 0 Å². The first-order chi connectivity index (χ1) is 23.9. The van der Waals surface area contributed by atoms with Crippen molar-refractivity contribution in [3.8, 4) is 0 Å². The number of carbonyl (C=O) groups is 8. The van der Waals surface area contributed by atoms with Crippen LogP contribution in [-0.2, 0) is 28.8 Å². The number of hydrogen-bond acceptors (Lipinski definition) is 10. The molecule has 0 bridgehead atoms. The number of amides is 4. The van der Waals surface area contributed by atoms with Crippen LogP contribution in [0.15, 0.2) is 36.4 Å². The molecule has 22 heteroatoms. The summed E-state index contributed by atoms with van der Waals surface area (Å²) in [6.45, 7) is 3.26. The Hall–Kier alpha value is -5.90. The summed E-state index contributed by atoms with van der Waals surface area (Å²) in [6.07, 6.45) is -10.2. The molecule has 0 saturated carbocycles. The van der Waals surface area contributed by atoms with Gasteiger partial charge in [0.15, 0.2) is 11.6 Å². The quantitative estimate of drug-likeness (QED) is 0.136. The van der Waals surface area contributed by atoms with Crippen molar-refractivity contribution in [1.29, 1.82) is 0 Å². The smallest absolute Gasteiger partial charge is 0.475 e. The highest BCUT2D eigenvalue weighted by Gasteiger charge is 2.39. The highest BCUT2D eigenvalue weighted by atomic mass is 19.4. The number of hydrogen-bond donors (Lipinski definition) is 8. The van der Waals surface area contributed by atoms with Gasteiger partial charge in [-0.3, -0.25) is 28.8 Å². The number of ketones is 2. The summed E-state index contributed by atoms with van der Waals surface area (Å²) in [5.74, 6) is -7.83. The maximum Gasteiger partial charge on any atom is 0.490 e. The molecule has 0 unspecified atom stereocenters. The van der Waals surface area contributed by atoms with Crippen LogP contribution in [0.3, 0.4) is 0 Å². The van der Waals surface area contributed by atoms with E-state index in [-0.39, 0.29) is 71.8 Å². The molecule has 0 fully saturated rings. The third-order valence-electron chi connectivity index (χ3n) is 6.20. The zero-order valence-corrected chi connectivity index (χ0v) is 27.0. The molecule has 0 radical (unpaired) electrons. The van der Waals surface area contributed by atoms with Crippen LogP contribution >= 0.6 is 0 Å². The molecule has 52 heavy (non-hydrogen) atoms. The van der Waals surface area contributed by atoms with Crippen molar-refractivity contribution in [3.05, 3.63) is 58.7 Å². The number of halogens is 6. The predicted octanol–water partition coefficient (Wildman–Crippen LogP) is 1.31. The van der Waals surface area contributed by atoms with Gasteiger partial charge in [-0.1, -0.05) is 0 Å². The van der Waals surface area contributed by atoms with E-state index in [1.165, 1.54) is 50.2 Å². The van der Waals surface area contributed by atoms with E-state index in [0.717, 1.165) is 0 Å². The molecular weight excluding hydrogens is 718 g/mol. The lowest BCUT2D eigenvalue weighted by Gasteiger charge is -2.19. The largest absolute Gasteiger partial charge is 0.490 e. The molecule has 1 aliphatic carbocycles. The van der Waals surface area contributed by atoms with Crippen LogP contribution in [0, 0.1) is 0 Å². The Kier molecular flexibility index (Phi) is 16.0. The van der Waals surface area contributed by atoms with Crippen LogP contribution in [0.1, 0.15) is 58.5 Å². The summed E-state index contributed by atoms with van der Waals surface area (Å²) in [5, 5.41) is 24.6. The highest BCUT2D eigenvalue weighted by Crippen LogP contribution is 2.31. The van der Waals surface area contributed by atoms with Crippen molar-refractivity contribution in [1.82, 2.24) is 10.6 Å². The van der Waals surface area contributed by atoms with Crippen molar-refractivity contribution in [2.45, 2.75) is 51.1 Å². The fourth-order valence-electron chi connectivity index (χ4n) is 3.67. The van der Waals surface area contributed by atoms with Gasteiger partial charge in [-0.25, -0.2) is 9.59 Å². The van der Waals surface area contributed by atoms with Gasteiger partial charge in [0.25, 0.3) is 0 Å². The Balaban J connectivity index is 0.000000812. The maximum absolute atomic E-state index is 13.1. The predicted molar refractivity (Wildman–Crippen MR) is 167 cm³/mol. The summed E-state index contributed by atoms with van der Waals surface area (Å²) in [6, 6.07) is 7.43. The normalized spacial score (nSPS) is 12.9. The average molecular weight is 751 g/mol. The van der Waals surface area contributed by atoms with Crippen molar-refractivity contribution in [2.24, 2.45) is 11.5 Å². The van der Waals surface area contributed by atoms with Gasteiger partial charge in [0.05, 0.1) is 12.1 Å². The van der Waals surface area contributed by atoms with Crippen LogP contribution in [0.2, 0.25) is 0 Å². The molecule has 0 heterocycles. The molecule has 2 atom stereocenters. The number of benzene rings is 2. The Labute approximate surface area is 289 Å². The van der Waals surface area contributed by atoms with Gasteiger partial charge in [0.1, 0.15) is 0 Å². The van der Waals surface area contributed by atoms with E-state index in [0.29, 0.717) is 11.4 Å². The van der Waals surface area contributed by atoms with Gasteiger partial charge >= 0.3 is 24.3 Å².